The van der Waals surface area contributed by atoms with Crippen LogP contribution in [0, 0.1) is 0 Å². The molecule has 0 spiro atoms. The summed E-state index contributed by atoms with van der Waals surface area (Å²) in [5.41, 5.74) is 3.04. The van der Waals surface area contributed by atoms with Crippen molar-refractivity contribution in [2.75, 3.05) is 20.1 Å². The first-order chi connectivity index (χ1) is 15.7. The van der Waals surface area contributed by atoms with Gasteiger partial charge in [-0.2, -0.15) is 13.2 Å². The van der Waals surface area contributed by atoms with Gasteiger partial charge in [0, 0.05) is 51.1 Å². The molecule has 0 unspecified atom stereocenters. The number of alkyl halides is 3. The van der Waals surface area contributed by atoms with Gasteiger partial charge in [-0.1, -0.05) is 12.1 Å². The lowest BCUT2D eigenvalue weighted by Gasteiger charge is -2.27. The Morgan fingerprint density at radius 2 is 2.00 bits per heavy atom. The van der Waals surface area contributed by atoms with E-state index in [9.17, 15) is 22.8 Å². The number of aromatic nitrogens is 2. The standard InChI is InChI=1S/C24H23F3N4O2/c1-14-19-12-29-18(9-17(19)10-21(32)22(14)24(25,26)27)13-31-7-5-15(6-8-31)16-3-4-20(30-11-16)23(33)28-2/h3-5,9,11-12H,6-8,10,13H2,1-2H3,(H,28,33). The van der Waals surface area contributed by atoms with Gasteiger partial charge in [-0.05, 0) is 47.8 Å². The van der Waals surface area contributed by atoms with Gasteiger partial charge in [0.2, 0.25) is 0 Å². The molecule has 6 nitrogen and oxygen atoms in total. The van der Waals surface area contributed by atoms with Gasteiger partial charge in [0.05, 0.1) is 5.69 Å². The average Bonchev–Trinajstić information content (AvgIpc) is 2.78. The van der Waals surface area contributed by atoms with E-state index >= 15 is 0 Å². The minimum Gasteiger partial charge on any atom is -0.354 e. The summed E-state index contributed by atoms with van der Waals surface area (Å²) in [5, 5.41) is 2.54. The van der Waals surface area contributed by atoms with Crippen molar-refractivity contribution in [3.63, 3.8) is 0 Å². The van der Waals surface area contributed by atoms with Crippen molar-refractivity contribution in [3.05, 3.63) is 70.3 Å². The first-order valence-corrected chi connectivity index (χ1v) is 10.6. The molecule has 1 N–H and O–H groups in total. The van der Waals surface area contributed by atoms with Gasteiger partial charge >= 0.3 is 6.18 Å². The van der Waals surface area contributed by atoms with E-state index in [-0.39, 0.29) is 17.9 Å². The summed E-state index contributed by atoms with van der Waals surface area (Å²) < 4.78 is 39.7. The fourth-order valence-corrected chi connectivity index (χ4v) is 4.29. The summed E-state index contributed by atoms with van der Waals surface area (Å²) in [6, 6.07) is 5.32. The SMILES string of the molecule is CNC(=O)c1ccc(C2=CCN(Cc3cc4c(cn3)C(C)=C(C(F)(F)F)C(=O)C4)CC2)cn1. The molecule has 3 heterocycles. The third kappa shape index (κ3) is 4.73. The number of rotatable bonds is 4. The molecule has 172 valence electrons. The molecule has 9 heteroatoms. The summed E-state index contributed by atoms with van der Waals surface area (Å²) >= 11 is 0. The smallest absolute Gasteiger partial charge is 0.354 e. The average molecular weight is 456 g/mol. The van der Waals surface area contributed by atoms with Crippen LogP contribution < -0.4 is 5.32 Å². The quantitative estimate of drug-likeness (QED) is 0.761. The molecular formula is C24H23F3N4O2. The number of carbonyl (C=O) groups is 2. The Labute approximate surface area is 189 Å². The van der Waals surface area contributed by atoms with E-state index < -0.39 is 17.5 Å². The van der Waals surface area contributed by atoms with Gasteiger partial charge in [0.25, 0.3) is 5.91 Å². The molecule has 0 saturated heterocycles. The molecule has 0 radical (unpaired) electrons. The highest BCUT2D eigenvalue weighted by Crippen LogP contribution is 2.38. The van der Waals surface area contributed by atoms with E-state index in [1.807, 2.05) is 6.07 Å². The maximum atomic E-state index is 13.2. The summed E-state index contributed by atoms with van der Waals surface area (Å²) in [6.45, 7) is 3.32. The van der Waals surface area contributed by atoms with Crippen LogP contribution in [-0.4, -0.2) is 52.9 Å². The number of Topliss-reactive ketones (excluding diaryl/α,β-unsaturated/α-hetero) is 1. The number of carbonyl (C=O) groups excluding carboxylic acids is 2. The molecule has 0 fully saturated rings. The molecule has 2 aromatic rings. The maximum absolute atomic E-state index is 13.2. The summed E-state index contributed by atoms with van der Waals surface area (Å²) in [7, 11) is 1.56. The van der Waals surface area contributed by atoms with E-state index in [0.717, 1.165) is 29.8 Å². The second kappa shape index (κ2) is 8.90. The summed E-state index contributed by atoms with van der Waals surface area (Å²) in [5.74, 6) is -1.13. The number of allylic oxidation sites excluding steroid dienone is 2. The fourth-order valence-electron chi connectivity index (χ4n) is 4.29. The Balaban J connectivity index is 1.45. The highest BCUT2D eigenvalue weighted by Gasteiger charge is 2.42. The molecule has 2 aliphatic rings. The number of hydrogen-bond donors (Lipinski definition) is 1. The lowest BCUT2D eigenvalue weighted by atomic mass is 9.86. The van der Waals surface area contributed by atoms with Gasteiger partial charge in [-0.25, -0.2) is 0 Å². The number of halogens is 3. The largest absolute Gasteiger partial charge is 0.420 e. The van der Waals surface area contributed by atoms with E-state index in [1.54, 1.807) is 25.4 Å². The number of ketones is 1. The van der Waals surface area contributed by atoms with Crippen LogP contribution in [0.1, 0.15) is 46.2 Å². The van der Waals surface area contributed by atoms with Crippen LogP contribution in [0.4, 0.5) is 13.2 Å². The van der Waals surface area contributed by atoms with E-state index in [0.29, 0.717) is 29.9 Å². The lowest BCUT2D eigenvalue weighted by Crippen LogP contribution is -2.29. The molecule has 1 aliphatic heterocycles. The van der Waals surface area contributed by atoms with Gasteiger partial charge in [-0.3, -0.25) is 24.5 Å². The Morgan fingerprint density at radius 3 is 2.61 bits per heavy atom. The van der Waals surface area contributed by atoms with Crippen LogP contribution in [0.5, 0.6) is 0 Å². The monoisotopic (exact) mass is 456 g/mol. The van der Waals surface area contributed by atoms with Crippen LogP contribution in [-0.2, 0) is 17.8 Å². The van der Waals surface area contributed by atoms with Crippen molar-refractivity contribution in [2.24, 2.45) is 0 Å². The molecule has 1 aliphatic carbocycles. The summed E-state index contributed by atoms with van der Waals surface area (Å²) in [4.78, 5) is 34.5. The van der Waals surface area contributed by atoms with Crippen LogP contribution in [0.3, 0.4) is 0 Å². The minimum absolute atomic E-state index is 0.0607. The minimum atomic E-state index is -4.66. The van der Waals surface area contributed by atoms with Gasteiger partial charge < -0.3 is 5.32 Å². The van der Waals surface area contributed by atoms with E-state index in [2.05, 4.69) is 26.3 Å². The van der Waals surface area contributed by atoms with Gasteiger partial charge in [-0.15, -0.1) is 0 Å². The highest BCUT2D eigenvalue weighted by atomic mass is 19.4. The molecule has 0 aromatic carbocycles. The Hall–Kier alpha value is -3.33. The zero-order chi connectivity index (χ0) is 23.8. The van der Waals surface area contributed by atoms with E-state index in [1.165, 1.54) is 13.1 Å². The van der Waals surface area contributed by atoms with Crippen molar-refractivity contribution in [2.45, 2.75) is 32.5 Å². The first-order valence-electron chi connectivity index (χ1n) is 10.6. The van der Waals surface area contributed by atoms with Gasteiger partial charge in [0.15, 0.2) is 5.78 Å². The van der Waals surface area contributed by atoms with Crippen molar-refractivity contribution < 1.29 is 22.8 Å². The van der Waals surface area contributed by atoms with Crippen molar-refractivity contribution in [3.8, 4) is 0 Å². The molecule has 33 heavy (non-hydrogen) atoms. The van der Waals surface area contributed by atoms with Crippen LogP contribution in [0.25, 0.3) is 11.1 Å². The molecule has 0 atom stereocenters. The third-order valence-corrected chi connectivity index (χ3v) is 6.01. The van der Waals surface area contributed by atoms with E-state index in [4.69, 9.17) is 0 Å². The number of fused-ring (bicyclic) bond motifs is 1. The number of nitrogens with one attached hydrogen (secondary N) is 1. The van der Waals surface area contributed by atoms with Gasteiger partial charge in [0.1, 0.15) is 11.3 Å². The molecule has 4 rings (SSSR count). The molecule has 0 bridgehead atoms. The van der Waals surface area contributed by atoms with Crippen LogP contribution in [0.2, 0.25) is 0 Å². The topological polar surface area (TPSA) is 75.2 Å². The number of amides is 1. The molecule has 1 amide bonds. The van der Waals surface area contributed by atoms with Crippen LogP contribution in [0.15, 0.2) is 42.2 Å². The predicted molar refractivity (Wildman–Crippen MR) is 117 cm³/mol. The highest BCUT2D eigenvalue weighted by molar-refractivity contribution is 6.07. The normalized spacial score (nSPS) is 17.0. The Kier molecular flexibility index (Phi) is 6.16. The molecule has 0 saturated carbocycles. The second-order valence-electron chi connectivity index (χ2n) is 8.16. The maximum Gasteiger partial charge on any atom is 0.420 e. The van der Waals surface area contributed by atoms with Crippen molar-refractivity contribution in [1.29, 1.82) is 0 Å². The zero-order valence-electron chi connectivity index (χ0n) is 18.3. The lowest BCUT2D eigenvalue weighted by molar-refractivity contribution is -0.128. The molecular weight excluding hydrogens is 433 g/mol. The zero-order valence-corrected chi connectivity index (χ0v) is 18.3. The third-order valence-electron chi connectivity index (χ3n) is 6.01. The molecule has 2 aromatic heterocycles. The second-order valence-corrected chi connectivity index (χ2v) is 8.16. The first kappa shape index (κ1) is 22.8. The Bertz CT molecular complexity index is 1170. The van der Waals surface area contributed by atoms with Crippen molar-refractivity contribution >= 4 is 22.8 Å². The summed E-state index contributed by atoms with van der Waals surface area (Å²) in [6.07, 6.45) is 1.11. The van der Waals surface area contributed by atoms with Crippen LogP contribution >= 0.6 is 0 Å². The number of nitrogens with zero attached hydrogens (tertiary/aromatic N) is 3. The number of pyridine rings is 2. The Morgan fingerprint density at radius 1 is 1.21 bits per heavy atom. The fraction of sp³-hybridized carbons (Fsp3) is 0.333. The number of hydrogen-bond acceptors (Lipinski definition) is 5. The van der Waals surface area contributed by atoms with Crippen molar-refractivity contribution in [1.82, 2.24) is 20.2 Å². The predicted octanol–water partition coefficient (Wildman–Crippen LogP) is 3.59.